The molecule has 0 bridgehead atoms. The van der Waals surface area contributed by atoms with Gasteiger partial charge in [0.2, 0.25) is 0 Å². The molecule has 10 heteroatoms. The van der Waals surface area contributed by atoms with E-state index >= 15 is 0 Å². The van der Waals surface area contributed by atoms with Crippen LogP contribution in [-0.2, 0) is 23.2 Å². The summed E-state index contributed by atoms with van der Waals surface area (Å²) in [6.45, 7) is 3.71. The van der Waals surface area contributed by atoms with Crippen LogP contribution >= 0.6 is 11.3 Å². The van der Waals surface area contributed by atoms with Gasteiger partial charge in [-0.1, -0.05) is 6.07 Å². The summed E-state index contributed by atoms with van der Waals surface area (Å²) in [6.07, 6.45) is -4.53. The molecule has 0 aliphatic heterocycles. The predicted octanol–water partition coefficient (Wildman–Crippen LogP) is 4.59. The van der Waals surface area contributed by atoms with Crippen LogP contribution < -0.4 is 4.72 Å². The summed E-state index contributed by atoms with van der Waals surface area (Å²) in [5.41, 5.74) is 1.42. The Bertz CT molecular complexity index is 1080. The van der Waals surface area contributed by atoms with Gasteiger partial charge in [0.25, 0.3) is 10.0 Å². The van der Waals surface area contributed by atoms with Crippen molar-refractivity contribution in [2.24, 2.45) is 7.05 Å². The van der Waals surface area contributed by atoms with E-state index in [1.807, 2.05) is 19.9 Å². The molecule has 0 aliphatic carbocycles. The van der Waals surface area contributed by atoms with Gasteiger partial charge in [0, 0.05) is 12.7 Å². The number of halogens is 3. The molecular formula is C17H16F3N3O2S2. The molecule has 0 aliphatic rings. The Morgan fingerprint density at radius 3 is 2.26 bits per heavy atom. The number of hydrogen-bond donors (Lipinski definition) is 1. The molecule has 0 saturated carbocycles. The summed E-state index contributed by atoms with van der Waals surface area (Å²) in [6, 6.07) is 9.02. The Morgan fingerprint density at radius 2 is 1.70 bits per heavy atom. The van der Waals surface area contributed by atoms with Gasteiger partial charge in [0.15, 0.2) is 0 Å². The van der Waals surface area contributed by atoms with Gasteiger partial charge in [-0.3, -0.25) is 9.40 Å². The predicted molar refractivity (Wildman–Crippen MR) is 98.2 cm³/mol. The normalized spacial score (nSPS) is 12.4. The number of aromatic nitrogens is 2. The third-order valence-corrected chi connectivity index (χ3v) is 6.72. The molecule has 0 atom stereocenters. The Labute approximate surface area is 158 Å². The van der Waals surface area contributed by atoms with Crippen LogP contribution in [-0.4, -0.2) is 18.2 Å². The van der Waals surface area contributed by atoms with Crippen molar-refractivity contribution in [2.75, 3.05) is 4.72 Å². The van der Waals surface area contributed by atoms with E-state index in [0.29, 0.717) is 10.6 Å². The van der Waals surface area contributed by atoms with Crippen molar-refractivity contribution < 1.29 is 21.6 Å². The van der Waals surface area contributed by atoms with Crippen molar-refractivity contribution in [3.05, 3.63) is 53.2 Å². The number of nitrogens with one attached hydrogen (secondary N) is 1. The van der Waals surface area contributed by atoms with Crippen molar-refractivity contribution in [3.63, 3.8) is 0 Å². The minimum atomic E-state index is -4.53. The molecule has 27 heavy (non-hydrogen) atoms. The van der Waals surface area contributed by atoms with Gasteiger partial charge in [0.1, 0.15) is 15.6 Å². The van der Waals surface area contributed by atoms with Crippen LogP contribution in [0.2, 0.25) is 0 Å². The molecule has 0 fully saturated rings. The van der Waals surface area contributed by atoms with Crippen LogP contribution in [0.1, 0.15) is 16.8 Å². The Balaban J connectivity index is 1.91. The van der Waals surface area contributed by atoms with Crippen molar-refractivity contribution in [3.8, 4) is 10.6 Å². The second-order valence-corrected chi connectivity index (χ2v) is 9.13. The van der Waals surface area contributed by atoms with Crippen LogP contribution in [0.4, 0.5) is 18.9 Å². The minimum absolute atomic E-state index is 0.00382. The van der Waals surface area contributed by atoms with Crippen LogP contribution in [0.5, 0.6) is 0 Å². The molecule has 1 aromatic carbocycles. The second-order valence-electron chi connectivity index (χ2n) is 6.14. The average molecular weight is 415 g/mol. The van der Waals surface area contributed by atoms with Crippen LogP contribution in [0.3, 0.4) is 0 Å². The fourth-order valence-corrected chi connectivity index (χ4v) is 5.00. The largest absolute Gasteiger partial charge is 0.433 e. The average Bonchev–Trinajstić information content (AvgIpc) is 3.11. The highest BCUT2D eigenvalue weighted by atomic mass is 32.2. The number of aryl methyl sites for hydroxylation is 3. The molecular weight excluding hydrogens is 399 g/mol. The fourth-order valence-electron chi connectivity index (χ4n) is 2.69. The van der Waals surface area contributed by atoms with Gasteiger partial charge in [-0.25, -0.2) is 8.42 Å². The molecule has 0 unspecified atom stereocenters. The molecule has 5 nitrogen and oxygen atoms in total. The van der Waals surface area contributed by atoms with E-state index in [4.69, 9.17) is 0 Å². The Kier molecular flexibility index (Phi) is 4.81. The topological polar surface area (TPSA) is 64.0 Å². The molecule has 2 aromatic heterocycles. The maximum atomic E-state index is 12.9. The summed E-state index contributed by atoms with van der Waals surface area (Å²) >= 11 is 0.860. The second kappa shape index (κ2) is 6.68. The Hall–Kier alpha value is -2.33. The first kappa shape index (κ1) is 19.4. The zero-order chi connectivity index (χ0) is 20.0. The number of sulfonamides is 1. The van der Waals surface area contributed by atoms with E-state index in [1.54, 1.807) is 12.1 Å². The van der Waals surface area contributed by atoms with Gasteiger partial charge in [-0.2, -0.15) is 18.3 Å². The maximum absolute atomic E-state index is 12.9. The van der Waals surface area contributed by atoms with E-state index in [9.17, 15) is 21.6 Å². The van der Waals surface area contributed by atoms with Crippen molar-refractivity contribution >= 4 is 27.0 Å². The van der Waals surface area contributed by atoms with Crippen molar-refractivity contribution in [1.29, 1.82) is 0 Å². The molecule has 3 aromatic rings. The third kappa shape index (κ3) is 4.16. The smallest absolute Gasteiger partial charge is 0.279 e. The van der Waals surface area contributed by atoms with Gasteiger partial charge in [-0.15, -0.1) is 11.3 Å². The zero-order valence-electron chi connectivity index (χ0n) is 14.6. The van der Waals surface area contributed by atoms with Crippen molar-refractivity contribution in [1.82, 2.24) is 9.78 Å². The van der Waals surface area contributed by atoms with Gasteiger partial charge < -0.3 is 0 Å². The maximum Gasteiger partial charge on any atom is 0.433 e. The van der Waals surface area contributed by atoms with Gasteiger partial charge in [0.05, 0.1) is 4.88 Å². The lowest BCUT2D eigenvalue weighted by atomic mass is 10.1. The number of thiophene rings is 1. The number of nitrogens with zero attached hydrogens (tertiary/aromatic N) is 2. The van der Waals surface area contributed by atoms with Gasteiger partial charge in [-0.05, 0) is 55.3 Å². The summed E-state index contributed by atoms with van der Waals surface area (Å²) in [5, 5.41) is 3.84. The summed E-state index contributed by atoms with van der Waals surface area (Å²) < 4.78 is 67.2. The minimum Gasteiger partial charge on any atom is -0.279 e. The fraction of sp³-hybridized carbons (Fsp3) is 0.235. The monoisotopic (exact) mass is 415 g/mol. The molecule has 0 amide bonds. The lowest BCUT2D eigenvalue weighted by Crippen LogP contribution is -2.11. The standard InChI is InChI=1S/C17H16F3N3O2S2/c1-10-6-11(2)8-12(7-10)22-27(24,25)16-5-4-14(26-16)13-9-15(17(18,19)20)23(3)21-13/h4-9,22H,1-3H3. The summed E-state index contributed by atoms with van der Waals surface area (Å²) in [4.78, 5) is 0.335. The zero-order valence-corrected chi connectivity index (χ0v) is 16.3. The van der Waals surface area contributed by atoms with E-state index < -0.39 is 21.9 Å². The first-order valence-electron chi connectivity index (χ1n) is 7.78. The lowest BCUT2D eigenvalue weighted by Gasteiger charge is -2.08. The molecule has 1 N–H and O–H groups in total. The molecule has 144 valence electrons. The molecule has 0 spiro atoms. The molecule has 2 heterocycles. The SMILES string of the molecule is Cc1cc(C)cc(NS(=O)(=O)c2ccc(-c3cc(C(F)(F)F)n(C)n3)s2)c1. The van der Waals surface area contributed by atoms with Crippen LogP contribution in [0.15, 0.2) is 40.6 Å². The van der Waals surface area contributed by atoms with E-state index in [1.165, 1.54) is 19.2 Å². The van der Waals surface area contributed by atoms with Crippen molar-refractivity contribution in [2.45, 2.75) is 24.2 Å². The highest BCUT2D eigenvalue weighted by Crippen LogP contribution is 2.35. The van der Waals surface area contributed by atoms with E-state index in [0.717, 1.165) is 33.2 Å². The van der Waals surface area contributed by atoms with Crippen LogP contribution in [0, 0.1) is 13.8 Å². The first-order valence-corrected chi connectivity index (χ1v) is 10.1. The number of hydrogen-bond acceptors (Lipinski definition) is 4. The molecule has 0 saturated heterocycles. The van der Waals surface area contributed by atoms with E-state index in [2.05, 4.69) is 9.82 Å². The third-order valence-electron chi connectivity index (χ3n) is 3.74. The lowest BCUT2D eigenvalue weighted by molar-refractivity contribution is -0.143. The number of alkyl halides is 3. The number of anilines is 1. The van der Waals surface area contributed by atoms with Crippen LogP contribution in [0.25, 0.3) is 10.6 Å². The van der Waals surface area contributed by atoms with Gasteiger partial charge >= 0.3 is 6.18 Å². The summed E-state index contributed by atoms with van der Waals surface area (Å²) in [7, 11) is -2.66. The molecule has 3 rings (SSSR count). The number of benzene rings is 1. The van der Waals surface area contributed by atoms with E-state index in [-0.39, 0.29) is 9.90 Å². The highest BCUT2D eigenvalue weighted by molar-refractivity contribution is 7.94. The molecule has 0 radical (unpaired) electrons. The highest BCUT2D eigenvalue weighted by Gasteiger charge is 2.35. The Morgan fingerprint density at radius 1 is 1.07 bits per heavy atom. The number of rotatable bonds is 4. The summed E-state index contributed by atoms with van der Waals surface area (Å²) in [5.74, 6) is 0. The first-order chi connectivity index (χ1) is 12.5. The quantitative estimate of drug-likeness (QED) is 0.678.